The van der Waals surface area contributed by atoms with Gasteiger partial charge in [-0.2, -0.15) is 0 Å². The predicted octanol–water partition coefficient (Wildman–Crippen LogP) is 2.37. The molecule has 0 aromatic carbocycles. The highest BCUT2D eigenvalue weighted by atomic mass is 32.2. The van der Waals surface area contributed by atoms with Crippen molar-refractivity contribution in [1.82, 2.24) is 5.32 Å². The first-order valence-electron chi connectivity index (χ1n) is 5.26. The molecule has 0 radical (unpaired) electrons. The Morgan fingerprint density at radius 3 is 2.79 bits per heavy atom. The lowest BCUT2D eigenvalue weighted by atomic mass is 9.95. The highest BCUT2D eigenvalue weighted by Gasteiger charge is 2.11. The number of rotatable bonds is 7. The molecule has 0 bridgehead atoms. The molecular formula is C9H19NO3S. The smallest absolute Gasteiger partial charge is 0.0346 e. The second kappa shape index (κ2) is 8.49. The predicted molar refractivity (Wildman–Crippen MR) is 56.7 cm³/mol. The van der Waals surface area contributed by atoms with Crippen molar-refractivity contribution in [3.63, 3.8) is 0 Å². The van der Waals surface area contributed by atoms with E-state index in [1.165, 1.54) is 32.1 Å². The monoisotopic (exact) mass is 221 g/mol. The molecule has 5 heteroatoms. The van der Waals surface area contributed by atoms with Crippen LogP contribution in [0.4, 0.5) is 0 Å². The van der Waals surface area contributed by atoms with E-state index in [-0.39, 0.29) is 0 Å². The fourth-order valence-electron chi connectivity index (χ4n) is 1.80. The SMILES string of the molecule is OOOSCCCNC1CCCCC1. The van der Waals surface area contributed by atoms with Gasteiger partial charge in [0.15, 0.2) is 0 Å². The molecule has 1 rings (SSSR count). The van der Waals surface area contributed by atoms with Gasteiger partial charge in [0.1, 0.15) is 0 Å². The van der Waals surface area contributed by atoms with Crippen LogP contribution in [0.2, 0.25) is 0 Å². The molecule has 0 aromatic rings. The largest absolute Gasteiger partial charge is 0.314 e. The van der Waals surface area contributed by atoms with Gasteiger partial charge < -0.3 is 5.32 Å². The molecule has 1 fully saturated rings. The first-order chi connectivity index (χ1) is 6.93. The Labute approximate surface area is 89.4 Å². The van der Waals surface area contributed by atoms with Crippen LogP contribution in [-0.2, 0) is 9.37 Å². The molecule has 2 N–H and O–H groups in total. The van der Waals surface area contributed by atoms with Gasteiger partial charge in [0, 0.05) is 23.8 Å². The van der Waals surface area contributed by atoms with Crippen LogP contribution in [0.3, 0.4) is 0 Å². The summed E-state index contributed by atoms with van der Waals surface area (Å²) in [5.74, 6) is 0.834. The van der Waals surface area contributed by atoms with Crippen molar-refractivity contribution in [2.75, 3.05) is 12.3 Å². The van der Waals surface area contributed by atoms with Gasteiger partial charge in [-0.3, -0.25) is 0 Å². The second-order valence-electron chi connectivity index (χ2n) is 3.61. The van der Waals surface area contributed by atoms with Gasteiger partial charge in [-0.1, -0.05) is 24.3 Å². The van der Waals surface area contributed by atoms with Crippen LogP contribution in [0.25, 0.3) is 0 Å². The molecule has 0 aromatic heterocycles. The first kappa shape index (κ1) is 12.3. The lowest BCUT2D eigenvalue weighted by Gasteiger charge is -2.22. The second-order valence-corrected chi connectivity index (χ2v) is 4.39. The number of hydrogen-bond acceptors (Lipinski definition) is 5. The van der Waals surface area contributed by atoms with E-state index in [1.54, 1.807) is 0 Å². The Kier molecular flexibility index (Phi) is 7.44. The third-order valence-electron chi connectivity index (χ3n) is 2.52. The summed E-state index contributed by atoms with van der Waals surface area (Å²) in [6.07, 6.45) is 7.81. The molecule has 14 heavy (non-hydrogen) atoms. The maximum atomic E-state index is 7.87. The van der Waals surface area contributed by atoms with Crippen LogP contribution < -0.4 is 5.32 Å². The van der Waals surface area contributed by atoms with Gasteiger partial charge in [-0.15, -0.1) is 4.33 Å². The number of nitrogens with one attached hydrogen (secondary N) is 1. The minimum Gasteiger partial charge on any atom is -0.314 e. The number of hydrogen-bond donors (Lipinski definition) is 2. The van der Waals surface area contributed by atoms with Crippen LogP contribution in [0.5, 0.6) is 0 Å². The van der Waals surface area contributed by atoms with E-state index >= 15 is 0 Å². The van der Waals surface area contributed by atoms with Crippen molar-refractivity contribution in [1.29, 1.82) is 0 Å². The summed E-state index contributed by atoms with van der Waals surface area (Å²) in [7, 11) is 0. The van der Waals surface area contributed by atoms with Gasteiger partial charge in [-0.25, -0.2) is 5.26 Å². The zero-order chi connectivity index (χ0) is 10.1. The minimum absolute atomic E-state index is 0.726. The van der Waals surface area contributed by atoms with Gasteiger partial charge in [0.2, 0.25) is 0 Å². The lowest BCUT2D eigenvalue weighted by molar-refractivity contribution is -0.432. The van der Waals surface area contributed by atoms with E-state index in [4.69, 9.17) is 5.26 Å². The van der Waals surface area contributed by atoms with E-state index in [0.29, 0.717) is 0 Å². The van der Waals surface area contributed by atoms with Crippen LogP contribution in [0.15, 0.2) is 0 Å². The Morgan fingerprint density at radius 1 is 1.29 bits per heavy atom. The summed E-state index contributed by atoms with van der Waals surface area (Å²) in [6, 6.07) is 0.726. The van der Waals surface area contributed by atoms with Crippen molar-refractivity contribution in [3.8, 4) is 0 Å². The standard InChI is InChI=1S/C9H19NO3S/c11-12-13-14-8-4-7-10-9-5-2-1-3-6-9/h9-11H,1-8H2. The van der Waals surface area contributed by atoms with Crippen LogP contribution in [-0.4, -0.2) is 23.6 Å². The van der Waals surface area contributed by atoms with Gasteiger partial charge in [-0.05, 0) is 25.8 Å². The molecule has 0 unspecified atom stereocenters. The molecule has 0 aliphatic heterocycles. The average molecular weight is 221 g/mol. The molecule has 4 nitrogen and oxygen atoms in total. The Hall–Kier alpha value is 0.190. The normalized spacial score (nSPS) is 18.6. The van der Waals surface area contributed by atoms with Crippen molar-refractivity contribution in [2.24, 2.45) is 0 Å². The van der Waals surface area contributed by atoms with Gasteiger partial charge >= 0.3 is 0 Å². The summed E-state index contributed by atoms with van der Waals surface area (Å²) < 4.78 is 4.27. The van der Waals surface area contributed by atoms with E-state index in [9.17, 15) is 0 Å². The molecule has 84 valence electrons. The molecule has 0 saturated heterocycles. The van der Waals surface area contributed by atoms with Gasteiger partial charge in [0.25, 0.3) is 0 Å². The first-order valence-corrected chi connectivity index (χ1v) is 6.17. The summed E-state index contributed by atoms with van der Waals surface area (Å²) >= 11 is 1.13. The fourth-order valence-corrected chi connectivity index (χ4v) is 2.17. The summed E-state index contributed by atoms with van der Waals surface area (Å²) in [5, 5.41) is 14.9. The van der Waals surface area contributed by atoms with Crippen LogP contribution >= 0.6 is 12.0 Å². The van der Waals surface area contributed by atoms with Crippen LogP contribution in [0.1, 0.15) is 38.5 Å². The molecule has 1 aliphatic carbocycles. The van der Waals surface area contributed by atoms with Crippen LogP contribution in [0, 0.1) is 0 Å². The average Bonchev–Trinajstić information content (AvgIpc) is 2.25. The molecule has 0 heterocycles. The Bertz CT molecular complexity index is 131. The minimum atomic E-state index is 0.726. The van der Waals surface area contributed by atoms with Crippen molar-refractivity contribution in [2.45, 2.75) is 44.6 Å². The maximum Gasteiger partial charge on any atom is 0.0346 e. The lowest BCUT2D eigenvalue weighted by Crippen LogP contribution is -2.31. The molecule has 0 amide bonds. The third-order valence-corrected chi connectivity index (χ3v) is 3.13. The summed E-state index contributed by atoms with van der Waals surface area (Å²) in [6.45, 7) is 1.02. The molecule has 0 atom stereocenters. The summed E-state index contributed by atoms with van der Waals surface area (Å²) in [4.78, 5) is 0. The molecular weight excluding hydrogens is 202 g/mol. The van der Waals surface area contributed by atoms with E-state index in [1.807, 2.05) is 0 Å². The van der Waals surface area contributed by atoms with Crippen molar-refractivity contribution < 1.29 is 14.6 Å². The highest BCUT2D eigenvalue weighted by Crippen LogP contribution is 2.17. The van der Waals surface area contributed by atoms with E-state index in [2.05, 4.69) is 14.7 Å². The molecule has 1 aliphatic rings. The van der Waals surface area contributed by atoms with Gasteiger partial charge in [0.05, 0.1) is 0 Å². The fraction of sp³-hybridized carbons (Fsp3) is 1.00. The Balaban J connectivity index is 1.82. The van der Waals surface area contributed by atoms with E-state index in [0.717, 1.165) is 36.8 Å². The van der Waals surface area contributed by atoms with Crippen molar-refractivity contribution in [3.05, 3.63) is 0 Å². The molecule has 1 saturated carbocycles. The third kappa shape index (κ3) is 5.82. The zero-order valence-corrected chi connectivity index (χ0v) is 9.22. The highest BCUT2D eigenvalue weighted by molar-refractivity contribution is 7.94. The topological polar surface area (TPSA) is 50.7 Å². The Morgan fingerprint density at radius 2 is 2.07 bits per heavy atom. The quantitative estimate of drug-likeness (QED) is 0.299. The van der Waals surface area contributed by atoms with Crippen molar-refractivity contribution >= 4 is 12.0 Å². The molecule has 0 spiro atoms. The summed E-state index contributed by atoms with van der Waals surface area (Å²) in [5.41, 5.74) is 0. The zero-order valence-electron chi connectivity index (χ0n) is 8.41. The van der Waals surface area contributed by atoms with E-state index < -0.39 is 0 Å². The maximum absolute atomic E-state index is 7.87.